The normalized spacial score (nSPS) is 14.5. The van der Waals surface area contributed by atoms with E-state index in [1.165, 1.54) is 12.8 Å². The first-order valence-electron chi connectivity index (χ1n) is 7.24. The topological polar surface area (TPSA) is 39.1 Å². The summed E-state index contributed by atoms with van der Waals surface area (Å²) in [6.45, 7) is 4.75. The molecule has 1 saturated carbocycles. The first kappa shape index (κ1) is 14.4. The minimum Gasteiger partial charge on any atom is -0.453 e. The Morgan fingerprint density at radius 3 is 2.71 bits per heavy atom. The fourth-order valence-corrected chi connectivity index (χ4v) is 2.53. The zero-order valence-corrected chi connectivity index (χ0v) is 13.4. The number of rotatable bonds is 5. The monoisotopic (exact) mass is 305 g/mol. The van der Waals surface area contributed by atoms with Crippen molar-refractivity contribution in [1.29, 1.82) is 0 Å². The smallest absolute Gasteiger partial charge is 0.171 e. The van der Waals surface area contributed by atoms with Crippen LogP contribution in [-0.2, 0) is 13.6 Å². The number of hydrogen-bond acceptors (Lipinski definition) is 3. The number of aromatic nitrogens is 2. The van der Waals surface area contributed by atoms with Gasteiger partial charge in [0, 0.05) is 24.7 Å². The maximum Gasteiger partial charge on any atom is 0.171 e. The van der Waals surface area contributed by atoms with E-state index in [-0.39, 0.29) is 0 Å². The molecule has 0 bridgehead atoms. The van der Waals surface area contributed by atoms with Crippen LogP contribution in [0.5, 0.6) is 11.5 Å². The summed E-state index contributed by atoms with van der Waals surface area (Å²) in [5, 5.41) is 8.55. The lowest BCUT2D eigenvalue weighted by atomic mass is 10.2. The van der Waals surface area contributed by atoms with Crippen molar-refractivity contribution < 1.29 is 4.74 Å². The van der Waals surface area contributed by atoms with E-state index in [0.29, 0.717) is 6.04 Å². The van der Waals surface area contributed by atoms with Crippen molar-refractivity contribution in [2.24, 2.45) is 7.05 Å². The quantitative estimate of drug-likeness (QED) is 0.914. The Morgan fingerprint density at radius 1 is 1.38 bits per heavy atom. The summed E-state index contributed by atoms with van der Waals surface area (Å²) >= 11 is 6.34. The highest BCUT2D eigenvalue weighted by Gasteiger charge is 2.20. The Morgan fingerprint density at radius 2 is 2.14 bits per heavy atom. The van der Waals surface area contributed by atoms with Gasteiger partial charge in [-0.2, -0.15) is 5.10 Å². The average molecular weight is 306 g/mol. The predicted octanol–water partition coefficient (Wildman–Crippen LogP) is 3.73. The van der Waals surface area contributed by atoms with Crippen molar-refractivity contribution in [3.8, 4) is 11.5 Å². The third-order valence-electron chi connectivity index (χ3n) is 3.85. The van der Waals surface area contributed by atoms with Crippen molar-refractivity contribution in [2.75, 3.05) is 0 Å². The van der Waals surface area contributed by atoms with Crippen LogP contribution in [0.4, 0.5) is 0 Å². The molecule has 0 atom stereocenters. The van der Waals surface area contributed by atoms with Gasteiger partial charge >= 0.3 is 0 Å². The summed E-state index contributed by atoms with van der Waals surface area (Å²) in [6.07, 6.45) is 2.55. The highest BCUT2D eigenvalue weighted by molar-refractivity contribution is 6.31. The van der Waals surface area contributed by atoms with E-state index in [2.05, 4.69) is 10.4 Å². The SMILES string of the molecule is Cc1nn(C)c(C)c1Oc1ccc(CNC2CC2)c(Cl)c1. The molecule has 21 heavy (non-hydrogen) atoms. The minimum absolute atomic E-state index is 0.678. The highest BCUT2D eigenvalue weighted by atomic mass is 35.5. The van der Waals surface area contributed by atoms with Gasteiger partial charge in [0.05, 0.1) is 5.69 Å². The van der Waals surface area contributed by atoms with Gasteiger partial charge in [0.25, 0.3) is 0 Å². The van der Waals surface area contributed by atoms with E-state index < -0.39 is 0 Å². The van der Waals surface area contributed by atoms with E-state index in [9.17, 15) is 0 Å². The number of hydrogen-bond donors (Lipinski definition) is 1. The molecule has 5 heteroatoms. The van der Waals surface area contributed by atoms with E-state index in [1.54, 1.807) is 0 Å². The van der Waals surface area contributed by atoms with Gasteiger partial charge in [0.2, 0.25) is 0 Å². The van der Waals surface area contributed by atoms with Gasteiger partial charge in [0.15, 0.2) is 5.75 Å². The van der Waals surface area contributed by atoms with Gasteiger partial charge in [-0.05, 0) is 44.4 Å². The van der Waals surface area contributed by atoms with E-state index >= 15 is 0 Å². The van der Waals surface area contributed by atoms with E-state index in [0.717, 1.165) is 40.0 Å². The number of nitrogens with zero attached hydrogens (tertiary/aromatic N) is 2. The maximum absolute atomic E-state index is 6.34. The second-order valence-electron chi connectivity index (χ2n) is 5.63. The number of nitrogens with one attached hydrogen (secondary N) is 1. The Hall–Kier alpha value is -1.52. The summed E-state index contributed by atoms with van der Waals surface area (Å²) in [5.41, 5.74) is 2.99. The first-order chi connectivity index (χ1) is 10.0. The zero-order chi connectivity index (χ0) is 15.0. The van der Waals surface area contributed by atoms with Gasteiger partial charge in [-0.25, -0.2) is 0 Å². The number of ether oxygens (including phenoxy) is 1. The third kappa shape index (κ3) is 3.22. The second-order valence-corrected chi connectivity index (χ2v) is 6.04. The standard InChI is InChI=1S/C16H20ClN3O/c1-10-16(11(2)20(3)19-10)21-14-7-4-12(15(17)8-14)9-18-13-5-6-13/h4,7-8,13,18H,5-6,9H2,1-3H3. The van der Waals surface area contributed by atoms with Gasteiger partial charge in [0.1, 0.15) is 11.4 Å². The fourth-order valence-electron chi connectivity index (χ4n) is 2.30. The Labute approximate surface area is 130 Å². The Balaban J connectivity index is 1.74. The molecule has 1 aromatic carbocycles. The molecule has 1 heterocycles. The highest BCUT2D eigenvalue weighted by Crippen LogP contribution is 2.31. The molecular formula is C16H20ClN3O. The third-order valence-corrected chi connectivity index (χ3v) is 4.20. The van der Waals surface area contributed by atoms with Crippen LogP contribution in [0.3, 0.4) is 0 Å². The van der Waals surface area contributed by atoms with Gasteiger partial charge in [-0.3, -0.25) is 4.68 Å². The van der Waals surface area contributed by atoms with Gasteiger partial charge in [-0.15, -0.1) is 0 Å². The van der Waals surface area contributed by atoms with Crippen LogP contribution in [0, 0.1) is 13.8 Å². The van der Waals surface area contributed by atoms with Crippen LogP contribution in [0.15, 0.2) is 18.2 Å². The van der Waals surface area contributed by atoms with Gasteiger partial charge < -0.3 is 10.1 Å². The van der Waals surface area contributed by atoms with Crippen molar-refractivity contribution >= 4 is 11.6 Å². The minimum atomic E-state index is 0.678. The Kier molecular flexibility index (Phi) is 3.91. The molecule has 0 spiro atoms. The first-order valence-corrected chi connectivity index (χ1v) is 7.62. The molecule has 1 aliphatic carbocycles. The van der Waals surface area contributed by atoms with Crippen molar-refractivity contribution in [3.63, 3.8) is 0 Å². The molecule has 0 aliphatic heterocycles. The molecule has 0 unspecified atom stereocenters. The van der Waals surface area contributed by atoms with Crippen molar-refractivity contribution in [2.45, 2.75) is 39.3 Å². The molecule has 0 amide bonds. The van der Waals surface area contributed by atoms with Crippen LogP contribution in [0.1, 0.15) is 29.8 Å². The molecule has 0 saturated heterocycles. The summed E-state index contributed by atoms with van der Waals surface area (Å²) < 4.78 is 7.77. The van der Waals surface area contributed by atoms with E-state index in [1.807, 2.05) is 43.8 Å². The molecular weight excluding hydrogens is 286 g/mol. The summed E-state index contributed by atoms with van der Waals surface area (Å²) in [5.74, 6) is 1.55. The Bertz CT molecular complexity index is 662. The van der Waals surface area contributed by atoms with Crippen LogP contribution in [0.25, 0.3) is 0 Å². The summed E-state index contributed by atoms with van der Waals surface area (Å²) in [6, 6.07) is 6.53. The van der Waals surface area contributed by atoms with Crippen LogP contribution < -0.4 is 10.1 Å². The van der Waals surface area contributed by atoms with Crippen LogP contribution in [0.2, 0.25) is 5.02 Å². The molecule has 1 fully saturated rings. The largest absolute Gasteiger partial charge is 0.453 e. The number of aryl methyl sites for hydroxylation is 2. The van der Waals surface area contributed by atoms with Gasteiger partial charge in [-0.1, -0.05) is 17.7 Å². The van der Waals surface area contributed by atoms with Crippen LogP contribution in [-0.4, -0.2) is 15.8 Å². The summed E-state index contributed by atoms with van der Waals surface area (Å²) in [4.78, 5) is 0. The lowest BCUT2D eigenvalue weighted by Crippen LogP contribution is -2.15. The molecule has 1 N–H and O–H groups in total. The predicted molar refractivity (Wildman–Crippen MR) is 84.1 cm³/mol. The molecule has 2 aromatic rings. The lowest BCUT2D eigenvalue weighted by Gasteiger charge is -2.10. The maximum atomic E-state index is 6.34. The lowest BCUT2D eigenvalue weighted by molar-refractivity contribution is 0.474. The zero-order valence-electron chi connectivity index (χ0n) is 12.6. The van der Waals surface area contributed by atoms with Crippen molar-refractivity contribution in [1.82, 2.24) is 15.1 Å². The molecule has 1 aliphatic rings. The van der Waals surface area contributed by atoms with Crippen molar-refractivity contribution in [3.05, 3.63) is 40.2 Å². The molecule has 4 nitrogen and oxygen atoms in total. The summed E-state index contributed by atoms with van der Waals surface area (Å²) in [7, 11) is 1.91. The molecule has 0 radical (unpaired) electrons. The van der Waals surface area contributed by atoms with E-state index in [4.69, 9.17) is 16.3 Å². The van der Waals surface area contributed by atoms with Crippen LogP contribution >= 0.6 is 11.6 Å². The number of halogens is 1. The number of benzene rings is 1. The average Bonchev–Trinajstić information content (AvgIpc) is 3.23. The molecule has 1 aromatic heterocycles. The second kappa shape index (κ2) is 5.70. The fraction of sp³-hybridized carbons (Fsp3) is 0.438. The molecule has 112 valence electrons. The molecule has 3 rings (SSSR count).